The van der Waals surface area contributed by atoms with Crippen molar-refractivity contribution >= 4 is 5.97 Å². The van der Waals surface area contributed by atoms with Crippen molar-refractivity contribution < 1.29 is 23.1 Å². The van der Waals surface area contributed by atoms with Crippen molar-refractivity contribution in [3.05, 3.63) is 71.0 Å². The molecular formula is C18H14F3NO2. The van der Waals surface area contributed by atoms with Crippen molar-refractivity contribution in [3.8, 4) is 6.07 Å². The van der Waals surface area contributed by atoms with Crippen LogP contribution in [0.2, 0.25) is 0 Å². The van der Waals surface area contributed by atoms with Crippen molar-refractivity contribution in [1.82, 2.24) is 0 Å². The zero-order chi connectivity index (χ0) is 17.9. The molecule has 0 aliphatic heterocycles. The van der Waals surface area contributed by atoms with Crippen molar-refractivity contribution in [3.63, 3.8) is 0 Å². The molecule has 0 bridgehead atoms. The summed E-state index contributed by atoms with van der Waals surface area (Å²) in [7, 11) is 0. The van der Waals surface area contributed by atoms with E-state index in [0.29, 0.717) is 0 Å². The maximum atomic E-state index is 14.2. The lowest BCUT2D eigenvalue weighted by molar-refractivity contribution is -0.137. The summed E-state index contributed by atoms with van der Waals surface area (Å²) < 4.78 is 41.5. The first-order valence-electron chi connectivity index (χ1n) is 7.12. The van der Waals surface area contributed by atoms with Crippen LogP contribution in [0.4, 0.5) is 13.2 Å². The third-order valence-corrected chi connectivity index (χ3v) is 4.10. The molecular weight excluding hydrogens is 319 g/mol. The van der Waals surface area contributed by atoms with Crippen LogP contribution in [0.3, 0.4) is 0 Å². The summed E-state index contributed by atoms with van der Waals surface area (Å²) in [6.45, 7) is 1.39. The second kappa shape index (κ2) is 6.75. The molecule has 0 amide bonds. The van der Waals surface area contributed by atoms with E-state index in [2.05, 4.69) is 0 Å². The van der Waals surface area contributed by atoms with Gasteiger partial charge in [0.1, 0.15) is 17.5 Å². The predicted octanol–water partition coefficient (Wildman–Crippen LogP) is 4.14. The average Bonchev–Trinajstić information content (AvgIpc) is 2.53. The normalized spacial score (nSPS) is 14.5. The lowest BCUT2D eigenvalue weighted by Gasteiger charge is -2.32. The van der Waals surface area contributed by atoms with Crippen LogP contribution in [-0.4, -0.2) is 11.1 Å². The monoisotopic (exact) mass is 333 g/mol. The Bertz CT molecular complexity index is 779. The predicted molar refractivity (Wildman–Crippen MR) is 80.7 cm³/mol. The van der Waals surface area contributed by atoms with Gasteiger partial charge in [-0.1, -0.05) is 18.2 Å². The summed E-state index contributed by atoms with van der Waals surface area (Å²) >= 11 is 0. The molecule has 3 nitrogen and oxygen atoms in total. The van der Waals surface area contributed by atoms with E-state index >= 15 is 0 Å². The van der Waals surface area contributed by atoms with Gasteiger partial charge in [-0.25, -0.2) is 13.2 Å². The second-order valence-corrected chi connectivity index (χ2v) is 5.61. The maximum Gasteiger partial charge on any atom is 0.304 e. The number of carbonyl (C=O) groups is 1. The Hall–Kier alpha value is -2.81. The SMILES string of the molecule is CC(C#N)(c1ccc(F)cc1)C(CC(=O)O)c1c(F)cccc1F. The van der Waals surface area contributed by atoms with Crippen LogP contribution in [-0.2, 0) is 10.2 Å². The molecule has 0 radical (unpaired) electrons. The average molecular weight is 333 g/mol. The highest BCUT2D eigenvalue weighted by Gasteiger charge is 2.41. The van der Waals surface area contributed by atoms with Crippen molar-refractivity contribution in [1.29, 1.82) is 5.26 Å². The van der Waals surface area contributed by atoms with Crippen molar-refractivity contribution in [2.75, 3.05) is 0 Å². The van der Waals surface area contributed by atoms with Crippen LogP contribution in [0.5, 0.6) is 0 Å². The summed E-state index contributed by atoms with van der Waals surface area (Å²) in [6, 6.07) is 9.98. The number of halogens is 3. The first kappa shape index (κ1) is 17.5. The standard InChI is InChI=1S/C18H14F3NO2/c1-18(10-22,11-5-7-12(19)8-6-11)13(9-16(23)24)17-14(20)3-2-4-15(17)21/h2-8,13H,9H2,1H3,(H,23,24). The highest BCUT2D eigenvalue weighted by Crippen LogP contribution is 2.42. The largest absolute Gasteiger partial charge is 0.481 e. The molecule has 2 aromatic carbocycles. The fraction of sp³-hybridized carbons (Fsp3) is 0.222. The van der Waals surface area contributed by atoms with Gasteiger partial charge in [-0.15, -0.1) is 0 Å². The Morgan fingerprint density at radius 3 is 2.17 bits per heavy atom. The fourth-order valence-corrected chi connectivity index (χ4v) is 2.75. The number of nitriles is 1. The van der Waals surface area contributed by atoms with E-state index in [1.54, 1.807) is 0 Å². The van der Waals surface area contributed by atoms with E-state index in [-0.39, 0.29) is 5.56 Å². The Morgan fingerprint density at radius 2 is 1.71 bits per heavy atom. The summed E-state index contributed by atoms with van der Waals surface area (Å²) in [5.74, 6) is -4.97. The quantitative estimate of drug-likeness (QED) is 0.894. The molecule has 1 N–H and O–H groups in total. The molecule has 0 aromatic heterocycles. The van der Waals surface area contributed by atoms with Gasteiger partial charge in [-0.05, 0) is 36.8 Å². The van der Waals surface area contributed by atoms with Crippen LogP contribution in [0.25, 0.3) is 0 Å². The molecule has 6 heteroatoms. The smallest absolute Gasteiger partial charge is 0.304 e. The molecule has 0 spiro atoms. The van der Waals surface area contributed by atoms with E-state index in [1.807, 2.05) is 6.07 Å². The number of carboxylic acid groups (broad SMARTS) is 1. The van der Waals surface area contributed by atoms with Crippen LogP contribution in [0.15, 0.2) is 42.5 Å². The zero-order valence-corrected chi connectivity index (χ0v) is 12.8. The van der Waals surface area contributed by atoms with Gasteiger partial charge in [0.15, 0.2) is 0 Å². The molecule has 0 fully saturated rings. The highest BCUT2D eigenvalue weighted by molar-refractivity contribution is 5.69. The lowest BCUT2D eigenvalue weighted by Crippen LogP contribution is -2.32. The first-order valence-corrected chi connectivity index (χ1v) is 7.12. The van der Waals surface area contributed by atoms with E-state index in [4.69, 9.17) is 5.11 Å². The molecule has 24 heavy (non-hydrogen) atoms. The van der Waals surface area contributed by atoms with Crippen LogP contribution in [0, 0.1) is 28.8 Å². The Morgan fingerprint density at radius 1 is 1.17 bits per heavy atom. The Balaban J connectivity index is 2.67. The van der Waals surface area contributed by atoms with E-state index in [1.165, 1.54) is 19.1 Å². The van der Waals surface area contributed by atoms with Crippen molar-refractivity contribution in [2.24, 2.45) is 0 Å². The molecule has 0 aliphatic rings. The van der Waals surface area contributed by atoms with Gasteiger partial charge < -0.3 is 5.11 Å². The molecule has 0 saturated heterocycles. The fourth-order valence-electron chi connectivity index (χ4n) is 2.75. The maximum absolute atomic E-state index is 14.2. The number of carboxylic acids is 1. The zero-order valence-electron chi connectivity index (χ0n) is 12.8. The Kier molecular flexibility index (Phi) is 4.93. The molecule has 124 valence electrons. The molecule has 0 saturated carbocycles. The third-order valence-electron chi connectivity index (χ3n) is 4.10. The topological polar surface area (TPSA) is 61.1 Å². The molecule has 2 aromatic rings. The minimum Gasteiger partial charge on any atom is -0.481 e. The molecule has 2 unspecified atom stereocenters. The third kappa shape index (κ3) is 3.25. The van der Waals surface area contributed by atoms with Crippen LogP contribution < -0.4 is 0 Å². The summed E-state index contributed by atoms with van der Waals surface area (Å²) in [5, 5.41) is 18.8. The highest BCUT2D eigenvalue weighted by atomic mass is 19.1. The van der Waals surface area contributed by atoms with E-state index in [9.17, 15) is 23.2 Å². The summed E-state index contributed by atoms with van der Waals surface area (Å²) in [6.07, 6.45) is -0.653. The molecule has 2 rings (SSSR count). The minimum absolute atomic E-state index is 0.278. The molecule has 2 atom stereocenters. The van der Waals surface area contributed by atoms with E-state index in [0.717, 1.165) is 30.3 Å². The lowest BCUT2D eigenvalue weighted by atomic mass is 9.68. The minimum atomic E-state index is -1.56. The second-order valence-electron chi connectivity index (χ2n) is 5.61. The summed E-state index contributed by atoms with van der Waals surface area (Å²) in [5.41, 5.74) is -1.75. The summed E-state index contributed by atoms with van der Waals surface area (Å²) in [4.78, 5) is 11.2. The molecule has 0 aliphatic carbocycles. The van der Waals surface area contributed by atoms with Gasteiger partial charge in [-0.2, -0.15) is 5.26 Å². The first-order chi connectivity index (χ1) is 11.3. The van der Waals surface area contributed by atoms with Gasteiger partial charge in [0, 0.05) is 11.5 Å². The van der Waals surface area contributed by atoms with Crippen LogP contribution in [0.1, 0.15) is 30.4 Å². The number of hydrogen-bond donors (Lipinski definition) is 1. The van der Waals surface area contributed by atoms with Gasteiger partial charge in [0.2, 0.25) is 0 Å². The van der Waals surface area contributed by atoms with Gasteiger partial charge in [-0.3, -0.25) is 4.79 Å². The molecule has 0 heterocycles. The number of nitrogens with zero attached hydrogens (tertiary/aromatic N) is 1. The number of rotatable bonds is 5. The van der Waals surface area contributed by atoms with Crippen molar-refractivity contribution in [2.45, 2.75) is 24.7 Å². The van der Waals surface area contributed by atoms with Gasteiger partial charge >= 0.3 is 5.97 Å². The van der Waals surface area contributed by atoms with Gasteiger partial charge in [0.05, 0.1) is 17.9 Å². The number of hydrogen-bond acceptors (Lipinski definition) is 2. The van der Waals surface area contributed by atoms with E-state index < -0.39 is 46.7 Å². The Labute approximate surface area is 137 Å². The van der Waals surface area contributed by atoms with Crippen LogP contribution >= 0.6 is 0 Å². The van der Waals surface area contributed by atoms with Gasteiger partial charge in [0.25, 0.3) is 0 Å². The number of benzene rings is 2. The number of aliphatic carboxylic acids is 1.